The Labute approximate surface area is 148 Å². The highest BCUT2D eigenvalue weighted by Gasteiger charge is 2.14. The van der Waals surface area contributed by atoms with Gasteiger partial charge in [0.25, 0.3) is 5.91 Å². The van der Waals surface area contributed by atoms with Gasteiger partial charge in [-0.3, -0.25) is 9.78 Å². The predicted molar refractivity (Wildman–Crippen MR) is 97.1 cm³/mol. The van der Waals surface area contributed by atoms with Crippen molar-refractivity contribution < 1.29 is 14.7 Å². The molecule has 2 heterocycles. The van der Waals surface area contributed by atoms with E-state index in [1.165, 1.54) is 17.4 Å². The topological polar surface area (TPSA) is 79.3 Å². The summed E-state index contributed by atoms with van der Waals surface area (Å²) >= 11 is 1.40. The maximum Gasteiger partial charge on any atom is 0.352 e. The van der Waals surface area contributed by atoms with Gasteiger partial charge in [-0.05, 0) is 42.5 Å². The minimum absolute atomic E-state index is 0.178. The molecule has 124 valence electrons. The lowest BCUT2D eigenvalue weighted by Gasteiger charge is -2.05. The highest BCUT2D eigenvalue weighted by molar-refractivity contribution is 7.16. The molecule has 0 aliphatic rings. The lowest BCUT2D eigenvalue weighted by molar-refractivity contribution is -0.132. The van der Waals surface area contributed by atoms with Crippen molar-refractivity contribution >= 4 is 29.3 Å². The average Bonchev–Trinajstić information content (AvgIpc) is 3.11. The van der Waals surface area contributed by atoms with Gasteiger partial charge >= 0.3 is 5.97 Å². The second-order valence-electron chi connectivity index (χ2n) is 5.10. The molecular weight excluding hydrogens is 336 g/mol. The van der Waals surface area contributed by atoms with Crippen LogP contribution in [0, 0.1) is 0 Å². The molecule has 0 aliphatic heterocycles. The number of rotatable bonds is 5. The van der Waals surface area contributed by atoms with E-state index in [2.05, 4.69) is 10.3 Å². The van der Waals surface area contributed by atoms with E-state index in [1.807, 2.05) is 24.3 Å². The number of nitrogens with zero attached hydrogens (tertiary/aromatic N) is 1. The van der Waals surface area contributed by atoms with E-state index < -0.39 is 11.9 Å². The average molecular weight is 350 g/mol. The molecule has 0 unspecified atom stereocenters. The number of benzene rings is 1. The van der Waals surface area contributed by atoms with Gasteiger partial charge < -0.3 is 10.4 Å². The summed E-state index contributed by atoms with van der Waals surface area (Å²) in [6.07, 6.45) is 3.15. The Kier molecular flexibility index (Phi) is 5.01. The van der Waals surface area contributed by atoms with Crippen LogP contribution in [-0.2, 0) is 4.79 Å². The number of nitrogens with one attached hydrogen (secondary N) is 1. The zero-order valence-corrected chi connectivity index (χ0v) is 13.9. The normalized spacial score (nSPS) is 11.1. The Hall–Kier alpha value is -3.25. The third-order valence-electron chi connectivity index (χ3n) is 3.35. The van der Waals surface area contributed by atoms with Crippen molar-refractivity contribution in [2.75, 3.05) is 0 Å². The Morgan fingerprint density at radius 2 is 1.76 bits per heavy atom. The number of aliphatic carboxylic acids is 1. The zero-order valence-electron chi connectivity index (χ0n) is 13.0. The lowest BCUT2D eigenvalue weighted by Crippen LogP contribution is -2.27. The molecule has 3 rings (SSSR count). The Morgan fingerprint density at radius 3 is 2.44 bits per heavy atom. The van der Waals surface area contributed by atoms with Crippen LogP contribution in [0.1, 0.15) is 15.2 Å². The van der Waals surface area contributed by atoms with Crippen molar-refractivity contribution in [3.63, 3.8) is 0 Å². The van der Waals surface area contributed by atoms with Crippen molar-refractivity contribution in [3.05, 3.63) is 83.0 Å². The molecule has 0 atom stereocenters. The molecule has 0 fully saturated rings. The van der Waals surface area contributed by atoms with E-state index in [1.54, 1.807) is 42.6 Å². The fraction of sp³-hybridized carbons (Fsp3) is 0. The van der Waals surface area contributed by atoms with Gasteiger partial charge in [-0.1, -0.05) is 24.3 Å². The predicted octanol–water partition coefficient (Wildman–Crippen LogP) is 3.67. The Balaban J connectivity index is 1.82. The first-order valence-electron chi connectivity index (χ1n) is 7.46. The largest absolute Gasteiger partial charge is 0.477 e. The molecule has 25 heavy (non-hydrogen) atoms. The number of hydrogen-bond acceptors (Lipinski definition) is 4. The van der Waals surface area contributed by atoms with E-state index in [-0.39, 0.29) is 5.70 Å². The molecule has 1 aromatic carbocycles. The van der Waals surface area contributed by atoms with Gasteiger partial charge in [0, 0.05) is 16.6 Å². The van der Waals surface area contributed by atoms with E-state index in [4.69, 9.17) is 0 Å². The summed E-state index contributed by atoms with van der Waals surface area (Å²) in [6.45, 7) is 0. The molecule has 0 radical (unpaired) electrons. The number of carboxylic acid groups (broad SMARTS) is 1. The van der Waals surface area contributed by atoms with Gasteiger partial charge in [-0.15, -0.1) is 11.3 Å². The summed E-state index contributed by atoms with van der Waals surface area (Å²) in [7, 11) is 0. The van der Waals surface area contributed by atoms with Crippen LogP contribution < -0.4 is 5.32 Å². The van der Waals surface area contributed by atoms with E-state index in [0.717, 1.165) is 10.6 Å². The monoisotopic (exact) mass is 350 g/mol. The summed E-state index contributed by atoms with van der Waals surface area (Å²) in [5.41, 5.74) is 1.04. The molecular formula is C19H14N2O3S. The molecule has 3 aromatic rings. The first-order chi connectivity index (χ1) is 12.1. The number of aromatic nitrogens is 1. The van der Waals surface area contributed by atoms with Crippen LogP contribution >= 0.6 is 11.3 Å². The number of carbonyl (C=O) groups is 2. The van der Waals surface area contributed by atoms with Gasteiger partial charge in [-0.2, -0.15) is 0 Å². The maximum atomic E-state index is 12.2. The highest BCUT2D eigenvalue weighted by atomic mass is 32.1. The smallest absolute Gasteiger partial charge is 0.352 e. The SMILES string of the molecule is O=C(O)/C(=C/c1ccc(-c2ccccn2)s1)NC(=O)c1ccccc1. The summed E-state index contributed by atoms with van der Waals surface area (Å²) < 4.78 is 0. The molecule has 0 bridgehead atoms. The lowest BCUT2D eigenvalue weighted by atomic mass is 10.2. The number of hydrogen-bond donors (Lipinski definition) is 2. The van der Waals surface area contributed by atoms with Crippen LogP contribution in [0.25, 0.3) is 16.6 Å². The van der Waals surface area contributed by atoms with Crippen molar-refractivity contribution in [1.29, 1.82) is 0 Å². The molecule has 0 aliphatic carbocycles. The second-order valence-corrected chi connectivity index (χ2v) is 6.22. The van der Waals surface area contributed by atoms with Crippen molar-refractivity contribution in [1.82, 2.24) is 10.3 Å². The van der Waals surface area contributed by atoms with Gasteiger partial charge in [0.05, 0.1) is 10.6 Å². The maximum absolute atomic E-state index is 12.2. The number of carboxylic acids is 1. The third-order valence-corrected chi connectivity index (χ3v) is 4.40. The number of pyridine rings is 1. The second kappa shape index (κ2) is 7.55. The fourth-order valence-electron chi connectivity index (χ4n) is 2.15. The van der Waals surface area contributed by atoms with Crippen LogP contribution in [0.3, 0.4) is 0 Å². The van der Waals surface area contributed by atoms with Crippen LogP contribution in [0.4, 0.5) is 0 Å². The third kappa shape index (κ3) is 4.19. The van der Waals surface area contributed by atoms with E-state index in [0.29, 0.717) is 10.4 Å². The van der Waals surface area contributed by atoms with Crippen molar-refractivity contribution in [3.8, 4) is 10.6 Å². The first-order valence-corrected chi connectivity index (χ1v) is 8.28. The summed E-state index contributed by atoms with van der Waals surface area (Å²) in [6, 6.07) is 17.8. The Bertz CT molecular complexity index is 918. The van der Waals surface area contributed by atoms with Crippen molar-refractivity contribution in [2.45, 2.75) is 0 Å². The number of thiophene rings is 1. The minimum atomic E-state index is -1.20. The van der Waals surface area contributed by atoms with Gasteiger partial charge in [0.2, 0.25) is 0 Å². The molecule has 0 saturated carbocycles. The van der Waals surface area contributed by atoms with E-state index >= 15 is 0 Å². The molecule has 5 nitrogen and oxygen atoms in total. The quantitative estimate of drug-likeness (QED) is 0.688. The first kappa shape index (κ1) is 16.6. The zero-order chi connectivity index (χ0) is 17.6. The minimum Gasteiger partial charge on any atom is -0.477 e. The van der Waals surface area contributed by atoms with Gasteiger partial charge in [0.1, 0.15) is 5.70 Å². The van der Waals surface area contributed by atoms with Crippen molar-refractivity contribution in [2.24, 2.45) is 0 Å². The van der Waals surface area contributed by atoms with Gasteiger partial charge in [0.15, 0.2) is 0 Å². The fourth-order valence-corrected chi connectivity index (χ4v) is 3.08. The highest BCUT2D eigenvalue weighted by Crippen LogP contribution is 2.27. The summed E-state index contributed by atoms with van der Waals surface area (Å²) in [5.74, 6) is -1.66. The Morgan fingerprint density at radius 1 is 1.00 bits per heavy atom. The molecule has 2 N–H and O–H groups in total. The number of amides is 1. The molecule has 2 aromatic heterocycles. The van der Waals surface area contributed by atoms with Crippen LogP contribution in [-0.4, -0.2) is 22.0 Å². The summed E-state index contributed by atoms with van der Waals surface area (Å²) in [4.78, 5) is 29.5. The number of carbonyl (C=O) groups excluding carboxylic acids is 1. The molecule has 0 saturated heterocycles. The standard InChI is InChI=1S/C19H14N2O3S/c22-18(13-6-2-1-3-7-13)21-16(19(23)24)12-14-9-10-17(25-14)15-8-4-5-11-20-15/h1-12H,(H,21,22)(H,23,24)/b16-12-. The summed E-state index contributed by atoms with van der Waals surface area (Å²) in [5, 5.41) is 11.8. The molecule has 1 amide bonds. The molecule has 6 heteroatoms. The van der Waals surface area contributed by atoms with E-state index in [9.17, 15) is 14.7 Å². The van der Waals surface area contributed by atoms with Crippen LogP contribution in [0.2, 0.25) is 0 Å². The van der Waals surface area contributed by atoms with Crippen LogP contribution in [0.5, 0.6) is 0 Å². The van der Waals surface area contributed by atoms with Gasteiger partial charge in [-0.25, -0.2) is 4.79 Å². The van der Waals surface area contributed by atoms with Crippen LogP contribution in [0.15, 0.2) is 72.6 Å². The molecule has 0 spiro atoms.